The van der Waals surface area contributed by atoms with Crippen molar-refractivity contribution in [2.75, 3.05) is 0 Å². The van der Waals surface area contributed by atoms with Gasteiger partial charge in [0, 0.05) is 43.8 Å². The SMILES string of the molecule is CC(C)c1cc(-c2[c-]cccc2)ncc1[Si](C)(C)C.CC(c1ccccc1)c1ccnc(-c2[c-]cc(-c3ccccc3)c3c2oc2ccccc23)c1.[Ir]. The predicted octanol–water partition coefficient (Wildman–Crippen LogP) is 12.5. The quantitative estimate of drug-likeness (QED) is 0.118. The Kier molecular flexibility index (Phi) is 11.7. The molecule has 5 aromatic carbocycles. The number of hydrogen-bond donors (Lipinski definition) is 0. The van der Waals surface area contributed by atoms with Crippen LogP contribution in [0.2, 0.25) is 19.6 Å². The van der Waals surface area contributed by atoms with Crippen molar-refractivity contribution in [1.29, 1.82) is 0 Å². The van der Waals surface area contributed by atoms with Crippen molar-refractivity contribution in [2.24, 2.45) is 0 Å². The number of nitrogens with zero attached hydrogens (tertiary/aromatic N) is 2. The zero-order valence-electron chi connectivity index (χ0n) is 31.1. The molecule has 267 valence electrons. The molecule has 0 saturated heterocycles. The number of hydrogen-bond acceptors (Lipinski definition) is 3. The molecule has 0 amide bonds. The Balaban J connectivity index is 0.000000206. The monoisotopic (exact) mass is 885 g/mol. The van der Waals surface area contributed by atoms with E-state index in [4.69, 9.17) is 9.40 Å². The second-order valence-corrected chi connectivity index (χ2v) is 19.7. The van der Waals surface area contributed by atoms with Gasteiger partial charge in [-0.1, -0.05) is 154 Å². The van der Waals surface area contributed by atoms with Crippen molar-refractivity contribution in [3.05, 3.63) is 175 Å². The van der Waals surface area contributed by atoms with E-state index in [-0.39, 0.29) is 26.0 Å². The number of rotatable bonds is 7. The van der Waals surface area contributed by atoms with Crippen LogP contribution < -0.4 is 5.19 Å². The van der Waals surface area contributed by atoms with Crippen LogP contribution >= 0.6 is 0 Å². The molecule has 3 heterocycles. The maximum absolute atomic E-state index is 6.41. The fourth-order valence-electron chi connectivity index (χ4n) is 6.87. The minimum absolute atomic E-state index is 0. The van der Waals surface area contributed by atoms with Gasteiger partial charge in [-0.3, -0.25) is 0 Å². The minimum Gasteiger partial charge on any atom is -0.501 e. The smallest absolute Gasteiger partial charge is 0.120 e. The molecule has 1 atom stereocenters. The van der Waals surface area contributed by atoms with Crippen molar-refractivity contribution in [3.8, 4) is 33.6 Å². The zero-order chi connectivity index (χ0) is 36.2. The molecule has 0 fully saturated rings. The standard InChI is InChI=1S/C31H22NO.C17H22NSi.Ir/c1-21(22-10-4-2-5-11-22)24-18-19-32-28(20-24)26-17-16-25(23-12-6-3-7-13-23)30-27-14-8-9-15-29(27)33-31(26)30;1-13(2)15-11-16(14-9-7-6-8-10-14)18-12-17(15)19(3,4)5;/h2-16,18-21H,1H3;6-9,11-13H,1-5H3;/q2*-1;. The van der Waals surface area contributed by atoms with E-state index in [0.29, 0.717) is 5.92 Å². The molecule has 0 bridgehead atoms. The van der Waals surface area contributed by atoms with Crippen LogP contribution in [0.1, 0.15) is 49.3 Å². The Morgan fingerprint density at radius 3 is 2.08 bits per heavy atom. The largest absolute Gasteiger partial charge is 0.501 e. The Morgan fingerprint density at radius 2 is 1.38 bits per heavy atom. The maximum Gasteiger partial charge on any atom is 0.120 e. The summed E-state index contributed by atoms with van der Waals surface area (Å²) in [6.07, 6.45) is 3.98. The van der Waals surface area contributed by atoms with E-state index in [9.17, 15) is 0 Å². The molecule has 0 aliphatic rings. The van der Waals surface area contributed by atoms with Crippen LogP contribution in [-0.4, -0.2) is 18.0 Å². The first-order valence-electron chi connectivity index (χ1n) is 18.1. The number of benzene rings is 5. The molecule has 0 aliphatic carbocycles. The van der Waals surface area contributed by atoms with Crippen molar-refractivity contribution in [1.82, 2.24) is 9.97 Å². The molecule has 0 aliphatic heterocycles. The first kappa shape index (κ1) is 37.8. The molecule has 8 rings (SSSR count). The summed E-state index contributed by atoms with van der Waals surface area (Å²) in [7, 11) is -1.34. The van der Waals surface area contributed by atoms with Crippen molar-refractivity contribution >= 4 is 35.2 Å². The van der Waals surface area contributed by atoms with Crippen molar-refractivity contribution in [2.45, 2.75) is 52.2 Å². The van der Waals surface area contributed by atoms with Gasteiger partial charge in [-0.2, -0.15) is 0 Å². The topological polar surface area (TPSA) is 38.9 Å². The van der Waals surface area contributed by atoms with Crippen LogP contribution in [0.15, 0.2) is 150 Å². The Labute approximate surface area is 328 Å². The average molecular weight is 885 g/mol. The van der Waals surface area contributed by atoms with Crippen molar-refractivity contribution in [3.63, 3.8) is 0 Å². The van der Waals surface area contributed by atoms with Crippen LogP contribution in [0.25, 0.3) is 55.6 Å². The van der Waals surface area contributed by atoms with Gasteiger partial charge in [-0.25, -0.2) is 0 Å². The van der Waals surface area contributed by atoms with E-state index in [1.807, 2.05) is 42.6 Å². The van der Waals surface area contributed by atoms with Gasteiger partial charge in [0.2, 0.25) is 0 Å². The summed E-state index contributed by atoms with van der Waals surface area (Å²) in [5.41, 5.74) is 11.8. The van der Waals surface area contributed by atoms with Gasteiger partial charge in [0.25, 0.3) is 0 Å². The van der Waals surface area contributed by atoms with Crippen LogP contribution in [0, 0.1) is 12.1 Å². The van der Waals surface area contributed by atoms with E-state index in [1.54, 1.807) is 0 Å². The molecule has 1 unspecified atom stereocenters. The molecule has 0 N–H and O–H groups in total. The normalized spacial score (nSPS) is 11.9. The molecule has 1 radical (unpaired) electrons. The number of para-hydroxylation sites is 1. The minimum atomic E-state index is -1.34. The molecule has 8 aromatic rings. The zero-order valence-corrected chi connectivity index (χ0v) is 34.5. The molecular weight excluding hydrogens is 841 g/mol. The Hall–Kier alpha value is -4.93. The summed E-state index contributed by atoms with van der Waals surface area (Å²) >= 11 is 0. The molecule has 0 saturated carbocycles. The van der Waals surface area contributed by atoms with Crippen LogP contribution in [-0.2, 0) is 20.1 Å². The Bertz CT molecular complexity index is 2430. The molecule has 3 aromatic heterocycles. The maximum atomic E-state index is 6.41. The van der Waals surface area contributed by atoms with Gasteiger partial charge in [-0.05, 0) is 51.1 Å². The van der Waals surface area contributed by atoms with Crippen molar-refractivity contribution < 1.29 is 24.5 Å². The molecule has 0 spiro atoms. The van der Waals surface area contributed by atoms with Crippen LogP contribution in [0.4, 0.5) is 0 Å². The first-order valence-corrected chi connectivity index (χ1v) is 21.6. The third-order valence-electron chi connectivity index (χ3n) is 9.73. The predicted molar refractivity (Wildman–Crippen MR) is 221 cm³/mol. The van der Waals surface area contributed by atoms with Gasteiger partial charge in [0.1, 0.15) is 5.58 Å². The number of pyridine rings is 2. The van der Waals surface area contributed by atoms with Gasteiger partial charge in [0.15, 0.2) is 0 Å². The first-order chi connectivity index (χ1) is 25.2. The molecule has 53 heavy (non-hydrogen) atoms. The summed E-state index contributed by atoms with van der Waals surface area (Å²) in [4.78, 5) is 9.38. The van der Waals surface area contributed by atoms with E-state index in [1.165, 1.54) is 21.9 Å². The summed E-state index contributed by atoms with van der Waals surface area (Å²) in [6, 6.07) is 52.6. The van der Waals surface area contributed by atoms with Gasteiger partial charge in [0.05, 0.1) is 13.7 Å². The van der Waals surface area contributed by atoms with E-state index in [0.717, 1.165) is 55.6 Å². The number of furan rings is 1. The van der Waals surface area contributed by atoms with Crippen LogP contribution in [0.3, 0.4) is 0 Å². The summed E-state index contributed by atoms with van der Waals surface area (Å²) in [5.74, 6) is 0.801. The van der Waals surface area contributed by atoms with Gasteiger partial charge < -0.3 is 14.4 Å². The Morgan fingerprint density at radius 1 is 0.679 bits per heavy atom. The van der Waals surface area contributed by atoms with E-state index in [2.05, 4.69) is 161 Å². The van der Waals surface area contributed by atoms with Gasteiger partial charge >= 0.3 is 0 Å². The molecular formula is C48H44IrN2OSi-2. The second-order valence-electron chi connectivity index (χ2n) is 14.7. The van der Waals surface area contributed by atoms with E-state index >= 15 is 0 Å². The summed E-state index contributed by atoms with van der Waals surface area (Å²) < 4.78 is 6.41. The second kappa shape index (κ2) is 16.4. The fraction of sp³-hybridized carbons (Fsp3) is 0.167. The van der Waals surface area contributed by atoms with Crippen LogP contribution in [0.5, 0.6) is 0 Å². The average Bonchev–Trinajstić information content (AvgIpc) is 3.58. The molecule has 5 heteroatoms. The number of fused-ring (bicyclic) bond motifs is 3. The molecule has 3 nitrogen and oxygen atoms in total. The van der Waals surface area contributed by atoms with Gasteiger partial charge in [-0.15, -0.1) is 48.0 Å². The summed E-state index contributed by atoms with van der Waals surface area (Å²) in [5, 5.41) is 3.69. The fourth-order valence-corrected chi connectivity index (χ4v) is 8.55. The third kappa shape index (κ3) is 8.19. The third-order valence-corrected chi connectivity index (χ3v) is 11.8. The van der Waals surface area contributed by atoms with E-state index < -0.39 is 8.07 Å². The summed E-state index contributed by atoms with van der Waals surface area (Å²) in [6.45, 7) is 13.9. The number of aromatic nitrogens is 2.